The molecule has 0 aromatic heterocycles. The van der Waals surface area contributed by atoms with Crippen LogP contribution in [0.1, 0.15) is 49.1 Å². The van der Waals surface area contributed by atoms with Gasteiger partial charge in [-0.2, -0.15) is 13.2 Å². The molecule has 0 amide bonds. The fourth-order valence-corrected chi connectivity index (χ4v) is 7.38. The van der Waals surface area contributed by atoms with Gasteiger partial charge in [-0.05, 0) is 62.3 Å². The van der Waals surface area contributed by atoms with Gasteiger partial charge in [-0.15, -0.1) is 0 Å². The summed E-state index contributed by atoms with van der Waals surface area (Å²) in [6, 6.07) is 6.10. The highest BCUT2D eigenvalue weighted by Crippen LogP contribution is 2.44. The molecule has 3 fully saturated rings. The van der Waals surface area contributed by atoms with Crippen molar-refractivity contribution in [2.45, 2.75) is 50.2 Å². The van der Waals surface area contributed by atoms with Crippen molar-refractivity contribution in [3.63, 3.8) is 0 Å². The van der Waals surface area contributed by atoms with Crippen LogP contribution in [0.15, 0.2) is 24.3 Å². The van der Waals surface area contributed by atoms with Crippen molar-refractivity contribution in [3.05, 3.63) is 35.4 Å². The van der Waals surface area contributed by atoms with Crippen LogP contribution >= 0.6 is 0 Å². The third kappa shape index (κ3) is 3.52. The summed E-state index contributed by atoms with van der Waals surface area (Å²) >= 11 is 0. The van der Waals surface area contributed by atoms with Gasteiger partial charge >= 0.3 is 6.18 Å². The lowest BCUT2D eigenvalue weighted by atomic mass is 9.81. The lowest BCUT2D eigenvalue weighted by Gasteiger charge is -2.40. The number of halogens is 3. The second kappa shape index (κ2) is 6.23. The molecule has 26 heavy (non-hydrogen) atoms. The summed E-state index contributed by atoms with van der Waals surface area (Å²) in [5.74, 6) is 1.02. The Hall–Kier alpha value is -1.08. The Balaban J connectivity index is 1.32. The van der Waals surface area contributed by atoms with Gasteiger partial charge in [-0.25, -0.2) is 8.42 Å². The Labute approximate surface area is 152 Å². The number of rotatable bonds is 2. The zero-order valence-electron chi connectivity index (χ0n) is 14.6. The van der Waals surface area contributed by atoms with E-state index in [1.54, 1.807) is 12.1 Å². The van der Waals surface area contributed by atoms with E-state index in [4.69, 9.17) is 0 Å². The Bertz CT molecular complexity index is 753. The minimum Gasteiger partial charge on any atom is -0.300 e. The predicted molar refractivity (Wildman–Crippen MR) is 93.7 cm³/mol. The van der Waals surface area contributed by atoms with Crippen LogP contribution in [0.5, 0.6) is 0 Å². The van der Waals surface area contributed by atoms with Crippen LogP contribution < -0.4 is 0 Å². The Morgan fingerprint density at radius 2 is 1.62 bits per heavy atom. The third-order valence-corrected chi connectivity index (χ3v) is 8.55. The summed E-state index contributed by atoms with van der Waals surface area (Å²) in [6.07, 6.45) is 0.737. The lowest BCUT2D eigenvalue weighted by molar-refractivity contribution is -0.137. The van der Waals surface area contributed by atoms with E-state index in [0.29, 0.717) is 23.5 Å². The summed E-state index contributed by atoms with van der Waals surface area (Å²) in [7, 11) is -2.79. The second-order valence-corrected chi connectivity index (χ2v) is 10.4. The van der Waals surface area contributed by atoms with E-state index >= 15 is 0 Å². The first kappa shape index (κ1) is 18.3. The molecule has 2 heterocycles. The second-order valence-electron chi connectivity index (χ2n) is 8.38. The van der Waals surface area contributed by atoms with Crippen molar-refractivity contribution in [3.8, 4) is 0 Å². The molecule has 3 aliphatic rings. The minimum absolute atomic E-state index is 0.00308. The standard InChI is InChI=1S/C19H24F3NO2S/c20-19(21,22)16-5-1-14(2-6-16)15-3-7-17(8-4-15)23-10-9-18(11-23)12-26(24,25)13-18/h1-2,5-6,15,17H,3-4,7-13H2. The first-order valence-electron chi connectivity index (χ1n) is 9.28. The molecule has 1 aromatic rings. The van der Waals surface area contributed by atoms with Gasteiger partial charge < -0.3 is 0 Å². The van der Waals surface area contributed by atoms with Crippen LogP contribution in [-0.2, 0) is 16.0 Å². The molecule has 2 saturated heterocycles. The predicted octanol–water partition coefficient (Wildman–Crippen LogP) is 3.85. The molecule has 1 aliphatic carbocycles. The molecule has 7 heteroatoms. The number of nitrogens with zero attached hydrogens (tertiary/aromatic N) is 1. The SMILES string of the molecule is O=S1(=O)CC2(CCN(C3CCC(c4ccc(C(F)(F)F)cc4)CC3)C2)C1. The summed E-state index contributed by atoms with van der Waals surface area (Å²) in [6.45, 7) is 1.87. The molecular formula is C19H24F3NO2S. The van der Waals surface area contributed by atoms with E-state index < -0.39 is 21.6 Å². The largest absolute Gasteiger partial charge is 0.416 e. The van der Waals surface area contributed by atoms with Crippen molar-refractivity contribution < 1.29 is 21.6 Å². The third-order valence-electron chi connectivity index (χ3n) is 6.44. The number of hydrogen-bond donors (Lipinski definition) is 0. The van der Waals surface area contributed by atoms with Gasteiger partial charge in [-0.3, -0.25) is 4.90 Å². The Morgan fingerprint density at radius 3 is 2.15 bits per heavy atom. The number of alkyl halides is 3. The molecule has 1 aromatic carbocycles. The Morgan fingerprint density at radius 1 is 1.00 bits per heavy atom. The van der Waals surface area contributed by atoms with Crippen LogP contribution in [0.2, 0.25) is 0 Å². The highest BCUT2D eigenvalue weighted by molar-refractivity contribution is 7.92. The summed E-state index contributed by atoms with van der Waals surface area (Å²) < 4.78 is 61.1. The van der Waals surface area contributed by atoms with E-state index in [-0.39, 0.29) is 5.41 Å². The topological polar surface area (TPSA) is 37.4 Å². The van der Waals surface area contributed by atoms with Crippen molar-refractivity contribution in [2.75, 3.05) is 24.6 Å². The summed E-state index contributed by atoms with van der Waals surface area (Å²) in [5.41, 5.74) is 0.413. The van der Waals surface area contributed by atoms with Gasteiger partial charge in [-0.1, -0.05) is 12.1 Å². The molecule has 0 radical (unpaired) electrons. The van der Waals surface area contributed by atoms with Gasteiger partial charge in [0.2, 0.25) is 0 Å². The van der Waals surface area contributed by atoms with Crippen LogP contribution in [0.4, 0.5) is 13.2 Å². The van der Waals surface area contributed by atoms with Gasteiger partial charge in [0.25, 0.3) is 0 Å². The highest BCUT2D eigenvalue weighted by Gasteiger charge is 2.52. The highest BCUT2D eigenvalue weighted by atomic mass is 32.2. The maximum Gasteiger partial charge on any atom is 0.416 e. The van der Waals surface area contributed by atoms with E-state index in [0.717, 1.165) is 50.8 Å². The van der Waals surface area contributed by atoms with E-state index in [1.165, 1.54) is 12.1 Å². The quantitative estimate of drug-likeness (QED) is 0.774. The molecule has 144 valence electrons. The molecule has 4 rings (SSSR count). The maximum atomic E-state index is 12.7. The van der Waals surface area contributed by atoms with Crippen molar-refractivity contribution >= 4 is 9.84 Å². The summed E-state index contributed by atoms with van der Waals surface area (Å²) in [5, 5.41) is 0. The number of benzene rings is 1. The fraction of sp³-hybridized carbons (Fsp3) is 0.684. The van der Waals surface area contributed by atoms with Crippen LogP contribution in [0, 0.1) is 5.41 Å². The van der Waals surface area contributed by atoms with Crippen molar-refractivity contribution in [1.82, 2.24) is 4.90 Å². The average molecular weight is 387 g/mol. The van der Waals surface area contributed by atoms with E-state index in [9.17, 15) is 21.6 Å². The van der Waals surface area contributed by atoms with Gasteiger partial charge in [0.05, 0.1) is 17.1 Å². The van der Waals surface area contributed by atoms with Crippen LogP contribution in [-0.4, -0.2) is 44.0 Å². The Kier molecular flexibility index (Phi) is 4.38. The average Bonchev–Trinajstić information content (AvgIpc) is 2.98. The van der Waals surface area contributed by atoms with Crippen LogP contribution in [0.3, 0.4) is 0 Å². The van der Waals surface area contributed by atoms with E-state index in [2.05, 4.69) is 4.90 Å². The van der Waals surface area contributed by atoms with Gasteiger partial charge in [0, 0.05) is 18.0 Å². The fourth-order valence-electron chi connectivity index (χ4n) is 5.13. The number of sulfone groups is 1. The van der Waals surface area contributed by atoms with Crippen LogP contribution in [0.25, 0.3) is 0 Å². The first-order chi connectivity index (χ1) is 12.2. The maximum absolute atomic E-state index is 12.7. The molecule has 0 bridgehead atoms. The van der Waals surface area contributed by atoms with Crippen molar-refractivity contribution in [1.29, 1.82) is 0 Å². The lowest BCUT2D eigenvalue weighted by Crippen LogP contribution is -2.51. The zero-order valence-corrected chi connectivity index (χ0v) is 15.5. The van der Waals surface area contributed by atoms with Gasteiger partial charge in [0.1, 0.15) is 0 Å². The molecule has 3 nitrogen and oxygen atoms in total. The minimum atomic E-state index is -4.28. The monoisotopic (exact) mass is 387 g/mol. The smallest absolute Gasteiger partial charge is 0.300 e. The molecule has 0 atom stereocenters. The molecular weight excluding hydrogens is 363 g/mol. The molecule has 1 saturated carbocycles. The number of hydrogen-bond acceptors (Lipinski definition) is 3. The summed E-state index contributed by atoms with van der Waals surface area (Å²) in [4.78, 5) is 2.46. The normalized spacial score (nSPS) is 31.0. The molecule has 0 N–H and O–H groups in total. The van der Waals surface area contributed by atoms with Gasteiger partial charge in [0.15, 0.2) is 9.84 Å². The number of likely N-dealkylation sites (tertiary alicyclic amines) is 1. The first-order valence-corrected chi connectivity index (χ1v) is 11.1. The molecule has 0 unspecified atom stereocenters. The van der Waals surface area contributed by atoms with Crippen molar-refractivity contribution in [2.24, 2.45) is 5.41 Å². The zero-order chi connectivity index (χ0) is 18.6. The molecule has 2 aliphatic heterocycles. The van der Waals surface area contributed by atoms with E-state index in [1.807, 2.05) is 0 Å². The molecule has 1 spiro atoms.